The fourth-order valence-corrected chi connectivity index (χ4v) is 2.52. The molecule has 2 atom stereocenters. The van der Waals surface area contributed by atoms with Crippen molar-refractivity contribution in [3.8, 4) is 0 Å². The Morgan fingerprint density at radius 2 is 2.38 bits per heavy atom. The highest BCUT2D eigenvalue weighted by Gasteiger charge is 2.26. The van der Waals surface area contributed by atoms with Crippen molar-refractivity contribution in [2.24, 2.45) is 0 Å². The molecule has 0 bridgehead atoms. The Morgan fingerprint density at radius 1 is 1.50 bits per heavy atom. The monoisotopic (exact) mass is 220 g/mol. The summed E-state index contributed by atoms with van der Waals surface area (Å²) >= 11 is 0. The van der Waals surface area contributed by atoms with Gasteiger partial charge in [-0.05, 0) is 38.4 Å². The van der Waals surface area contributed by atoms with Crippen LogP contribution in [-0.2, 0) is 0 Å². The van der Waals surface area contributed by atoms with Gasteiger partial charge in [0.2, 0.25) is 0 Å². The summed E-state index contributed by atoms with van der Waals surface area (Å²) in [5.41, 5.74) is 1.10. The van der Waals surface area contributed by atoms with E-state index < -0.39 is 0 Å². The number of likely N-dealkylation sites (tertiary alicyclic amines) is 1. The van der Waals surface area contributed by atoms with E-state index in [1.807, 2.05) is 18.3 Å². The van der Waals surface area contributed by atoms with Crippen LogP contribution in [0.15, 0.2) is 24.4 Å². The molecule has 1 aromatic rings. The maximum Gasteiger partial charge on any atom is 0.0587 e. The van der Waals surface area contributed by atoms with Crippen molar-refractivity contribution in [2.75, 3.05) is 13.2 Å². The first kappa shape index (κ1) is 11.6. The van der Waals surface area contributed by atoms with Gasteiger partial charge in [0.15, 0.2) is 0 Å². The highest BCUT2D eigenvalue weighted by Crippen LogP contribution is 2.26. The maximum atomic E-state index is 9.40. The molecular weight excluding hydrogens is 200 g/mol. The van der Waals surface area contributed by atoms with Crippen LogP contribution < -0.4 is 0 Å². The largest absolute Gasteiger partial charge is 0.395 e. The lowest BCUT2D eigenvalue weighted by atomic mass is 9.99. The molecule has 0 radical (unpaired) electrons. The number of nitrogens with zero attached hydrogens (tertiary/aromatic N) is 2. The summed E-state index contributed by atoms with van der Waals surface area (Å²) in [6.07, 6.45) is 5.40. The molecule has 2 heterocycles. The second kappa shape index (κ2) is 5.41. The Hall–Kier alpha value is -0.930. The van der Waals surface area contributed by atoms with Crippen molar-refractivity contribution in [1.29, 1.82) is 0 Å². The number of aliphatic hydroxyl groups excluding tert-OH is 1. The van der Waals surface area contributed by atoms with Crippen molar-refractivity contribution in [3.63, 3.8) is 0 Å². The number of rotatable bonds is 3. The van der Waals surface area contributed by atoms with E-state index >= 15 is 0 Å². The minimum absolute atomic E-state index is 0.261. The summed E-state index contributed by atoms with van der Waals surface area (Å²) in [6.45, 7) is 3.51. The van der Waals surface area contributed by atoms with E-state index in [1.54, 1.807) is 0 Å². The molecule has 0 aromatic carbocycles. The lowest BCUT2D eigenvalue weighted by molar-refractivity contribution is 0.0574. The van der Waals surface area contributed by atoms with Gasteiger partial charge in [-0.3, -0.25) is 9.88 Å². The zero-order valence-corrected chi connectivity index (χ0v) is 9.84. The van der Waals surface area contributed by atoms with Crippen LogP contribution in [0.3, 0.4) is 0 Å². The van der Waals surface area contributed by atoms with Crippen LogP contribution >= 0.6 is 0 Å². The van der Waals surface area contributed by atoms with Gasteiger partial charge < -0.3 is 5.11 Å². The summed E-state index contributed by atoms with van der Waals surface area (Å²) in [7, 11) is 0. The van der Waals surface area contributed by atoms with Gasteiger partial charge in [0.05, 0.1) is 12.3 Å². The Kier molecular flexibility index (Phi) is 3.91. The maximum absolute atomic E-state index is 9.40. The molecule has 1 aliphatic heterocycles. The van der Waals surface area contributed by atoms with Gasteiger partial charge in [0.1, 0.15) is 0 Å². The first-order valence-electron chi connectivity index (χ1n) is 6.10. The van der Waals surface area contributed by atoms with Crippen LogP contribution in [0.5, 0.6) is 0 Å². The molecule has 0 spiro atoms. The molecule has 1 aromatic heterocycles. The summed E-state index contributed by atoms with van der Waals surface area (Å²) in [6, 6.07) is 6.64. The average Bonchev–Trinajstić information content (AvgIpc) is 2.39. The average molecular weight is 220 g/mol. The molecule has 1 aliphatic rings. The van der Waals surface area contributed by atoms with E-state index in [0.717, 1.165) is 18.7 Å². The third-order valence-corrected chi connectivity index (χ3v) is 3.50. The van der Waals surface area contributed by atoms with Gasteiger partial charge in [-0.1, -0.05) is 12.5 Å². The Balaban J connectivity index is 2.10. The van der Waals surface area contributed by atoms with Gasteiger partial charge in [0.25, 0.3) is 0 Å². The molecule has 0 unspecified atom stereocenters. The minimum Gasteiger partial charge on any atom is -0.395 e. The summed E-state index contributed by atoms with van der Waals surface area (Å²) < 4.78 is 0. The number of piperidine rings is 1. The number of aromatic nitrogens is 1. The molecule has 1 N–H and O–H groups in total. The summed E-state index contributed by atoms with van der Waals surface area (Å²) in [5, 5.41) is 9.40. The second-order valence-electron chi connectivity index (χ2n) is 4.50. The van der Waals surface area contributed by atoms with Crippen LogP contribution in [0, 0.1) is 0 Å². The molecular formula is C13H20N2O. The van der Waals surface area contributed by atoms with E-state index in [2.05, 4.69) is 22.9 Å². The fraction of sp³-hybridized carbons (Fsp3) is 0.615. The van der Waals surface area contributed by atoms with E-state index in [4.69, 9.17) is 0 Å². The minimum atomic E-state index is 0.261. The molecule has 1 fully saturated rings. The predicted octanol–water partition coefficient (Wildman–Crippen LogP) is 1.99. The van der Waals surface area contributed by atoms with E-state index in [-0.39, 0.29) is 6.61 Å². The predicted molar refractivity (Wildman–Crippen MR) is 64.1 cm³/mol. The third kappa shape index (κ3) is 2.42. The number of aliphatic hydroxyl groups is 1. The smallest absolute Gasteiger partial charge is 0.0587 e. The van der Waals surface area contributed by atoms with Gasteiger partial charge in [-0.15, -0.1) is 0 Å². The van der Waals surface area contributed by atoms with Gasteiger partial charge in [0, 0.05) is 18.3 Å². The van der Waals surface area contributed by atoms with E-state index in [1.165, 1.54) is 12.8 Å². The molecule has 88 valence electrons. The van der Waals surface area contributed by atoms with Gasteiger partial charge in [-0.2, -0.15) is 0 Å². The quantitative estimate of drug-likeness (QED) is 0.846. The standard InChI is InChI=1S/C13H20N2O/c1-11(13-7-2-4-8-14-13)15-9-5-3-6-12(15)10-16/h2,4,7-8,11-12,16H,3,5-6,9-10H2,1H3/t11-,12-/m0/s1. The van der Waals surface area contributed by atoms with E-state index in [9.17, 15) is 5.11 Å². The molecule has 2 rings (SSSR count). The number of pyridine rings is 1. The van der Waals surface area contributed by atoms with Crippen LogP contribution in [-0.4, -0.2) is 34.2 Å². The molecule has 0 aliphatic carbocycles. The van der Waals surface area contributed by atoms with Crippen molar-refractivity contribution < 1.29 is 5.11 Å². The van der Waals surface area contributed by atoms with Gasteiger partial charge >= 0.3 is 0 Å². The summed E-state index contributed by atoms with van der Waals surface area (Å²) in [4.78, 5) is 6.78. The lowest BCUT2D eigenvalue weighted by Crippen LogP contribution is -2.43. The molecule has 0 amide bonds. The zero-order chi connectivity index (χ0) is 11.4. The van der Waals surface area contributed by atoms with Crippen molar-refractivity contribution in [3.05, 3.63) is 30.1 Å². The van der Waals surface area contributed by atoms with Crippen LogP contribution in [0.1, 0.15) is 37.9 Å². The second-order valence-corrected chi connectivity index (χ2v) is 4.50. The van der Waals surface area contributed by atoms with Crippen LogP contribution in [0.2, 0.25) is 0 Å². The zero-order valence-electron chi connectivity index (χ0n) is 9.84. The van der Waals surface area contributed by atoms with Crippen molar-refractivity contribution in [2.45, 2.75) is 38.3 Å². The topological polar surface area (TPSA) is 36.4 Å². The molecule has 3 heteroatoms. The fourth-order valence-electron chi connectivity index (χ4n) is 2.52. The third-order valence-electron chi connectivity index (χ3n) is 3.50. The number of hydrogen-bond acceptors (Lipinski definition) is 3. The number of hydrogen-bond donors (Lipinski definition) is 1. The van der Waals surface area contributed by atoms with Crippen LogP contribution in [0.25, 0.3) is 0 Å². The van der Waals surface area contributed by atoms with Crippen molar-refractivity contribution in [1.82, 2.24) is 9.88 Å². The van der Waals surface area contributed by atoms with Crippen LogP contribution in [0.4, 0.5) is 0 Å². The molecule has 16 heavy (non-hydrogen) atoms. The SMILES string of the molecule is C[C@@H](c1ccccn1)N1CCCC[C@H]1CO. The van der Waals surface area contributed by atoms with E-state index in [0.29, 0.717) is 12.1 Å². The Morgan fingerprint density at radius 3 is 3.06 bits per heavy atom. The first-order valence-corrected chi connectivity index (χ1v) is 6.10. The van der Waals surface area contributed by atoms with Gasteiger partial charge in [-0.25, -0.2) is 0 Å². The highest BCUT2D eigenvalue weighted by molar-refractivity contribution is 5.08. The lowest BCUT2D eigenvalue weighted by Gasteiger charge is -2.38. The normalized spacial score (nSPS) is 24.2. The molecule has 3 nitrogen and oxygen atoms in total. The highest BCUT2D eigenvalue weighted by atomic mass is 16.3. The Labute approximate surface area is 97.1 Å². The summed E-state index contributed by atoms with van der Waals surface area (Å²) in [5.74, 6) is 0. The molecule has 0 saturated carbocycles. The molecule has 1 saturated heterocycles. The van der Waals surface area contributed by atoms with Crippen molar-refractivity contribution >= 4 is 0 Å². The Bertz CT molecular complexity index is 315. The first-order chi connectivity index (χ1) is 7.83.